The molecule has 1 aliphatic carbocycles. The van der Waals surface area contributed by atoms with Crippen LogP contribution in [0.1, 0.15) is 39.0 Å². The zero-order valence-corrected chi connectivity index (χ0v) is 8.29. The fourth-order valence-corrected chi connectivity index (χ4v) is 1.61. The van der Waals surface area contributed by atoms with Crippen LogP contribution in [0.5, 0.6) is 0 Å². The molecule has 0 aliphatic heterocycles. The minimum absolute atomic E-state index is 0.0141. The van der Waals surface area contributed by atoms with Crippen molar-refractivity contribution in [1.82, 2.24) is 0 Å². The molecule has 0 aromatic rings. The Morgan fingerprint density at radius 2 is 2.31 bits per heavy atom. The summed E-state index contributed by atoms with van der Waals surface area (Å²) in [7, 11) is 0. The lowest BCUT2D eigenvalue weighted by Crippen LogP contribution is -2.16. The van der Waals surface area contributed by atoms with Gasteiger partial charge in [0.15, 0.2) is 0 Å². The van der Waals surface area contributed by atoms with Crippen LogP contribution in [-0.4, -0.2) is 12.6 Å². The molecule has 0 aromatic carbocycles. The zero-order valence-electron chi connectivity index (χ0n) is 8.29. The molecule has 0 radical (unpaired) electrons. The Kier molecular flexibility index (Phi) is 4.58. The summed E-state index contributed by atoms with van der Waals surface area (Å²) in [6, 6.07) is 0. The van der Waals surface area contributed by atoms with Crippen molar-refractivity contribution < 1.29 is 9.53 Å². The largest absolute Gasteiger partial charge is 0.466 e. The van der Waals surface area contributed by atoms with Crippen LogP contribution in [0.25, 0.3) is 0 Å². The Morgan fingerprint density at radius 1 is 1.46 bits per heavy atom. The van der Waals surface area contributed by atoms with E-state index in [4.69, 9.17) is 4.74 Å². The molecular formula is C11H18O2. The highest BCUT2D eigenvalue weighted by atomic mass is 16.5. The highest BCUT2D eigenvalue weighted by Gasteiger charge is 2.16. The molecule has 0 amide bonds. The van der Waals surface area contributed by atoms with Gasteiger partial charge in [0.05, 0.1) is 12.5 Å². The fourth-order valence-electron chi connectivity index (χ4n) is 1.61. The quantitative estimate of drug-likeness (QED) is 0.485. The number of rotatable bonds is 2. The van der Waals surface area contributed by atoms with Gasteiger partial charge in [0, 0.05) is 0 Å². The van der Waals surface area contributed by atoms with Gasteiger partial charge in [-0.05, 0) is 26.2 Å². The molecular weight excluding hydrogens is 164 g/mol. The number of carbonyl (C=O) groups is 1. The molecule has 1 unspecified atom stereocenters. The Bertz CT molecular complexity index is 185. The minimum Gasteiger partial charge on any atom is -0.466 e. The second-order valence-electron chi connectivity index (χ2n) is 3.42. The van der Waals surface area contributed by atoms with Crippen molar-refractivity contribution in [3.8, 4) is 0 Å². The van der Waals surface area contributed by atoms with E-state index >= 15 is 0 Å². The summed E-state index contributed by atoms with van der Waals surface area (Å²) in [6.07, 6.45) is 9.82. The maximum Gasteiger partial charge on any atom is 0.312 e. The lowest BCUT2D eigenvalue weighted by atomic mass is 9.97. The molecule has 0 saturated carbocycles. The maximum absolute atomic E-state index is 11.4. The van der Waals surface area contributed by atoms with E-state index in [0.29, 0.717) is 6.61 Å². The van der Waals surface area contributed by atoms with Crippen molar-refractivity contribution in [2.75, 3.05) is 6.61 Å². The molecule has 0 fully saturated rings. The molecule has 1 rings (SSSR count). The minimum atomic E-state index is -0.0550. The van der Waals surface area contributed by atoms with E-state index in [2.05, 4.69) is 6.08 Å². The zero-order chi connectivity index (χ0) is 9.52. The summed E-state index contributed by atoms with van der Waals surface area (Å²) in [5.74, 6) is -0.0408. The summed E-state index contributed by atoms with van der Waals surface area (Å²) < 4.78 is 4.99. The maximum atomic E-state index is 11.4. The van der Waals surface area contributed by atoms with E-state index in [0.717, 1.165) is 19.3 Å². The highest BCUT2D eigenvalue weighted by Crippen LogP contribution is 2.17. The number of hydrogen-bond donors (Lipinski definition) is 0. The van der Waals surface area contributed by atoms with Crippen LogP contribution < -0.4 is 0 Å². The van der Waals surface area contributed by atoms with Crippen LogP contribution in [0.15, 0.2) is 12.2 Å². The normalized spacial score (nSPS) is 25.8. The Balaban J connectivity index is 2.44. The molecule has 2 nitrogen and oxygen atoms in total. The van der Waals surface area contributed by atoms with Crippen molar-refractivity contribution >= 4 is 5.97 Å². The number of esters is 1. The smallest absolute Gasteiger partial charge is 0.312 e. The first-order chi connectivity index (χ1) is 6.34. The fraction of sp³-hybridized carbons (Fsp3) is 0.727. The predicted octanol–water partition coefficient (Wildman–Crippen LogP) is 2.69. The highest BCUT2D eigenvalue weighted by molar-refractivity contribution is 5.74. The van der Waals surface area contributed by atoms with Crippen molar-refractivity contribution in [1.29, 1.82) is 0 Å². The van der Waals surface area contributed by atoms with Crippen molar-refractivity contribution in [2.45, 2.75) is 39.0 Å². The lowest BCUT2D eigenvalue weighted by molar-refractivity contribution is -0.146. The average Bonchev–Trinajstić information content (AvgIpc) is 2.03. The number of hydrogen-bond acceptors (Lipinski definition) is 2. The standard InChI is InChI=1S/C11H18O2/c1-2-13-11(12)10-8-6-4-3-5-7-9-10/h6,8,10H,2-5,7,9H2,1H3/b8-6-. The summed E-state index contributed by atoms with van der Waals surface area (Å²) in [5.41, 5.74) is 0. The molecule has 0 spiro atoms. The summed E-state index contributed by atoms with van der Waals surface area (Å²) in [5, 5.41) is 0. The molecule has 0 saturated heterocycles. The van der Waals surface area contributed by atoms with E-state index in [1.165, 1.54) is 12.8 Å². The van der Waals surface area contributed by atoms with Crippen molar-refractivity contribution in [3.05, 3.63) is 12.2 Å². The second kappa shape index (κ2) is 5.79. The van der Waals surface area contributed by atoms with Gasteiger partial charge in [-0.2, -0.15) is 0 Å². The van der Waals surface area contributed by atoms with Crippen molar-refractivity contribution in [2.24, 2.45) is 5.92 Å². The van der Waals surface area contributed by atoms with Crippen LogP contribution in [0.4, 0.5) is 0 Å². The van der Waals surface area contributed by atoms with E-state index in [1.54, 1.807) is 0 Å². The molecule has 1 atom stereocenters. The van der Waals surface area contributed by atoms with Gasteiger partial charge in [0.1, 0.15) is 0 Å². The molecule has 13 heavy (non-hydrogen) atoms. The van der Waals surface area contributed by atoms with Gasteiger partial charge >= 0.3 is 5.97 Å². The van der Waals surface area contributed by atoms with E-state index in [-0.39, 0.29) is 11.9 Å². The van der Waals surface area contributed by atoms with Gasteiger partial charge in [-0.25, -0.2) is 0 Å². The van der Waals surface area contributed by atoms with Crippen LogP contribution in [-0.2, 0) is 9.53 Å². The molecule has 0 N–H and O–H groups in total. The predicted molar refractivity (Wildman–Crippen MR) is 52.3 cm³/mol. The third-order valence-electron chi connectivity index (χ3n) is 2.34. The van der Waals surface area contributed by atoms with E-state index in [1.807, 2.05) is 13.0 Å². The summed E-state index contributed by atoms with van der Waals surface area (Å²) >= 11 is 0. The number of ether oxygens (including phenoxy) is 1. The topological polar surface area (TPSA) is 26.3 Å². The summed E-state index contributed by atoms with van der Waals surface area (Å²) in [4.78, 5) is 11.4. The third-order valence-corrected chi connectivity index (χ3v) is 2.34. The average molecular weight is 182 g/mol. The molecule has 0 heterocycles. The molecule has 1 aliphatic rings. The van der Waals surface area contributed by atoms with Crippen molar-refractivity contribution in [3.63, 3.8) is 0 Å². The van der Waals surface area contributed by atoms with Gasteiger partial charge in [-0.1, -0.05) is 25.0 Å². The van der Waals surface area contributed by atoms with Gasteiger partial charge in [-0.15, -0.1) is 0 Å². The molecule has 2 heteroatoms. The Labute approximate surface area is 80.0 Å². The molecule has 0 aromatic heterocycles. The first-order valence-electron chi connectivity index (χ1n) is 5.18. The Hall–Kier alpha value is -0.790. The Morgan fingerprint density at radius 3 is 3.08 bits per heavy atom. The SMILES string of the molecule is CCOC(=O)C1/C=C\CCCCC1. The first kappa shape index (κ1) is 10.3. The van der Waals surface area contributed by atoms with Gasteiger partial charge in [0.25, 0.3) is 0 Å². The molecule has 0 bridgehead atoms. The van der Waals surface area contributed by atoms with Gasteiger partial charge in [0.2, 0.25) is 0 Å². The van der Waals surface area contributed by atoms with Crippen LogP contribution >= 0.6 is 0 Å². The van der Waals surface area contributed by atoms with Crippen LogP contribution in [0.2, 0.25) is 0 Å². The number of allylic oxidation sites excluding steroid dienone is 1. The van der Waals surface area contributed by atoms with Gasteiger partial charge < -0.3 is 4.74 Å². The second-order valence-corrected chi connectivity index (χ2v) is 3.42. The van der Waals surface area contributed by atoms with E-state index in [9.17, 15) is 4.79 Å². The third kappa shape index (κ3) is 3.62. The van der Waals surface area contributed by atoms with E-state index < -0.39 is 0 Å². The summed E-state index contributed by atoms with van der Waals surface area (Å²) in [6.45, 7) is 2.34. The molecule has 74 valence electrons. The number of carbonyl (C=O) groups excluding carboxylic acids is 1. The first-order valence-corrected chi connectivity index (χ1v) is 5.18. The monoisotopic (exact) mass is 182 g/mol. The van der Waals surface area contributed by atoms with Crippen LogP contribution in [0, 0.1) is 5.92 Å². The van der Waals surface area contributed by atoms with Crippen LogP contribution in [0.3, 0.4) is 0 Å². The lowest BCUT2D eigenvalue weighted by Gasteiger charge is -2.13. The van der Waals surface area contributed by atoms with Gasteiger partial charge in [-0.3, -0.25) is 4.79 Å².